The third-order valence-corrected chi connectivity index (χ3v) is 8.84. The van der Waals surface area contributed by atoms with Gasteiger partial charge in [0.2, 0.25) is 11.8 Å². The van der Waals surface area contributed by atoms with Crippen molar-refractivity contribution in [2.45, 2.75) is 131 Å². The van der Waals surface area contributed by atoms with Crippen LogP contribution in [-0.4, -0.2) is 59.2 Å². The molecule has 6 atom stereocenters. The summed E-state index contributed by atoms with van der Waals surface area (Å²) in [6.45, 7) is 14.9. The van der Waals surface area contributed by atoms with Crippen molar-refractivity contribution in [1.29, 1.82) is 0 Å². The van der Waals surface area contributed by atoms with Crippen LogP contribution in [0.3, 0.4) is 0 Å². The zero-order valence-electron chi connectivity index (χ0n) is 29.9. The minimum absolute atomic E-state index is 0.00444. The van der Waals surface area contributed by atoms with E-state index in [2.05, 4.69) is 42.5 Å². The second kappa shape index (κ2) is 22.7. The predicted octanol–water partition coefficient (Wildman–Crippen LogP) is 5.54. The quantitative estimate of drug-likeness (QED) is 0.0636. The number of rotatable bonds is 18. The van der Waals surface area contributed by atoms with Crippen molar-refractivity contribution < 1.29 is 38.6 Å². The van der Waals surface area contributed by atoms with Gasteiger partial charge in [-0.1, -0.05) is 91.0 Å². The first kappa shape index (κ1) is 42.3. The summed E-state index contributed by atoms with van der Waals surface area (Å²) in [5.41, 5.74) is 0.792. The van der Waals surface area contributed by atoms with Crippen molar-refractivity contribution in [3.8, 4) is 0 Å². The van der Waals surface area contributed by atoms with Gasteiger partial charge in [0.1, 0.15) is 12.1 Å². The largest absolute Gasteiger partial charge is 0.481 e. The van der Waals surface area contributed by atoms with E-state index in [0.29, 0.717) is 12.3 Å². The molecule has 0 aliphatic carbocycles. The van der Waals surface area contributed by atoms with E-state index in [1.165, 1.54) is 39.0 Å². The van der Waals surface area contributed by atoms with Gasteiger partial charge in [-0.05, 0) is 57.4 Å². The number of ketones is 1. The van der Waals surface area contributed by atoms with E-state index in [4.69, 9.17) is 9.84 Å². The number of hydrogen-bond donors (Lipinski definition) is 4. The molecule has 1 rings (SSSR count). The van der Waals surface area contributed by atoms with Crippen molar-refractivity contribution in [2.24, 2.45) is 23.7 Å². The zero-order valence-corrected chi connectivity index (χ0v) is 29.9. The molecule has 1 aliphatic heterocycles. The number of ether oxygens (including phenoxy) is 1. The maximum Gasteiger partial charge on any atom is 0.328 e. The standard InChI is InChI=1S/C37H59N3O8/c1-8-9-10-11-14-24(2)15-12-16-25(3)19-21-31(41)26(4)20-22-32-28(6)35(45)39-29(7)36(46)38-23-27(5)34(44)40-30(37(47)48-32)17-13-18-33(42)43/h16,19,21,24,26-28,30,32H,7-15,17-18,20,22-23H2,1-6H3,(H,38,46)(H,39,45)(H,40,44)(H,42,43)/b21-19+,25-16+/t24-,26-,27-,28+,30+,32+/m0/s1. The summed E-state index contributed by atoms with van der Waals surface area (Å²) in [5.74, 6) is -5.20. The number of allylic oxidation sites excluding steroid dienone is 4. The highest BCUT2D eigenvalue weighted by Gasteiger charge is 2.33. The van der Waals surface area contributed by atoms with Crippen LogP contribution < -0.4 is 16.0 Å². The summed E-state index contributed by atoms with van der Waals surface area (Å²) >= 11 is 0. The number of cyclic esters (lactones) is 1. The maximum absolute atomic E-state index is 13.4. The van der Waals surface area contributed by atoms with Crippen LogP contribution in [0.25, 0.3) is 0 Å². The second-order valence-electron chi connectivity index (χ2n) is 13.4. The third kappa shape index (κ3) is 16.9. The van der Waals surface area contributed by atoms with Crippen molar-refractivity contribution in [2.75, 3.05) is 6.54 Å². The number of hydrogen-bond acceptors (Lipinski definition) is 7. The summed E-state index contributed by atoms with van der Waals surface area (Å²) in [4.78, 5) is 75.9. The number of carboxylic acid groups (broad SMARTS) is 1. The van der Waals surface area contributed by atoms with Crippen molar-refractivity contribution in [1.82, 2.24) is 16.0 Å². The van der Waals surface area contributed by atoms with Gasteiger partial charge in [-0.25, -0.2) is 4.79 Å². The van der Waals surface area contributed by atoms with Gasteiger partial charge in [0, 0.05) is 18.9 Å². The topological polar surface area (TPSA) is 168 Å². The molecule has 11 heteroatoms. The molecule has 48 heavy (non-hydrogen) atoms. The average molecular weight is 674 g/mol. The molecule has 1 saturated heterocycles. The first-order valence-corrected chi connectivity index (χ1v) is 17.5. The summed E-state index contributed by atoms with van der Waals surface area (Å²) < 4.78 is 5.79. The Bertz CT molecular complexity index is 1180. The van der Waals surface area contributed by atoms with Crippen LogP contribution >= 0.6 is 0 Å². The Balaban J connectivity index is 2.99. The van der Waals surface area contributed by atoms with Gasteiger partial charge >= 0.3 is 11.9 Å². The molecular formula is C37H59N3O8. The molecule has 3 amide bonds. The first-order chi connectivity index (χ1) is 22.7. The van der Waals surface area contributed by atoms with Gasteiger partial charge in [0.15, 0.2) is 5.78 Å². The summed E-state index contributed by atoms with van der Waals surface area (Å²) in [5, 5.41) is 16.7. The van der Waals surface area contributed by atoms with Crippen molar-refractivity contribution in [3.05, 3.63) is 36.1 Å². The number of nitrogens with one attached hydrogen (secondary N) is 3. The number of carbonyl (C=O) groups excluding carboxylic acids is 5. The minimum Gasteiger partial charge on any atom is -0.481 e. The van der Waals surface area contributed by atoms with E-state index >= 15 is 0 Å². The molecule has 4 N–H and O–H groups in total. The highest BCUT2D eigenvalue weighted by molar-refractivity contribution is 5.98. The monoisotopic (exact) mass is 673 g/mol. The molecule has 0 spiro atoms. The maximum atomic E-state index is 13.4. The number of carbonyl (C=O) groups is 6. The Hall–Kier alpha value is -3.76. The second-order valence-corrected chi connectivity index (χ2v) is 13.4. The molecule has 0 aromatic heterocycles. The minimum atomic E-state index is -1.16. The van der Waals surface area contributed by atoms with E-state index in [0.717, 1.165) is 18.4 Å². The van der Waals surface area contributed by atoms with Crippen LogP contribution in [0.5, 0.6) is 0 Å². The molecule has 0 unspecified atom stereocenters. The lowest BCUT2D eigenvalue weighted by Crippen LogP contribution is -2.49. The Labute approximate surface area is 286 Å². The number of amides is 3. The third-order valence-electron chi connectivity index (χ3n) is 8.84. The van der Waals surface area contributed by atoms with Crippen LogP contribution in [0.1, 0.15) is 119 Å². The molecular weight excluding hydrogens is 614 g/mol. The predicted molar refractivity (Wildman–Crippen MR) is 185 cm³/mol. The smallest absolute Gasteiger partial charge is 0.328 e. The Kier molecular flexibility index (Phi) is 20.0. The molecule has 1 fully saturated rings. The molecule has 1 aliphatic rings. The highest BCUT2D eigenvalue weighted by Crippen LogP contribution is 2.21. The SMILES string of the molecule is C=C1NC(=O)[C@H](C)[C@@H](CC[C@H](C)C(=O)/C=C/C(C)=C/CC[C@@H](C)CCCCCC)OC(=O)[C@@H](CCCC(=O)O)NC(=O)[C@@H](C)CNC1=O. The van der Waals surface area contributed by atoms with E-state index < -0.39 is 59.6 Å². The van der Waals surface area contributed by atoms with Crippen LogP contribution in [0.2, 0.25) is 0 Å². The van der Waals surface area contributed by atoms with Gasteiger partial charge in [-0.15, -0.1) is 0 Å². The fraction of sp³-hybridized carbons (Fsp3) is 0.676. The van der Waals surface area contributed by atoms with Gasteiger partial charge in [0.25, 0.3) is 5.91 Å². The average Bonchev–Trinajstić information content (AvgIpc) is 3.04. The van der Waals surface area contributed by atoms with E-state index in [1.807, 2.05) is 13.0 Å². The Morgan fingerprint density at radius 2 is 1.69 bits per heavy atom. The van der Waals surface area contributed by atoms with Gasteiger partial charge < -0.3 is 25.8 Å². The highest BCUT2D eigenvalue weighted by atomic mass is 16.5. The lowest BCUT2D eigenvalue weighted by Gasteiger charge is -2.28. The van der Waals surface area contributed by atoms with E-state index in [-0.39, 0.29) is 43.7 Å². The summed E-state index contributed by atoms with van der Waals surface area (Å²) in [6, 6.07) is -1.16. The summed E-state index contributed by atoms with van der Waals surface area (Å²) in [6.07, 6.45) is 13.2. The van der Waals surface area contributed by atoms with Crippen LogP contribution in [-0.2, 0) is 33.5 Å². The van der Waals surface area contributed by atoms with Crippen LogP contribution in [0, 0.1) is 23.7 Å². The fourth-order valence-electron chi connectivity index (χ4n) is 5.26. The van der Waals surface area contributed by atoms with Crippen LogP contribution in [0.15, 0.2) is 36.1 Å². The molecule has 0 saturated carbocycles. The molecule has 0 radical (unpaired) electrons. The van der Waals surface area contributed by atoms with Crippen molar-refractivity contribution in [3.63, 3.8) is 0 Å². The molecule has 270 valence electrons. The molecule has 0 bridgehead atoms. The van der Waals surface area contributed by atoms with E-state index in [1.54, 1.807) is 19.9 Å². The lowest BCUT2D eigenvalue weighted by molar-refractivity contribution is -0.158. The first-order valence-electron chi connectivity index (χ1n) is 17.5. The number of aliphatic carboxylic acids is 1. The lowest BCUT2D eigenvalue weighted by atomic mass is 9.92. The number of unbranched alkanes of at least 4 members (excludes halogenated alkanes) is 3. The fourth-order valence-corrected chi connectivity index (χ4v) is 5.26. The van der Waals surface area contributed by atoms with Gasteiger partial charge in [-0.3, -0.25) is 24.0 Å². The van der Waals surface area contributed by atoms with Gasteiger partial charge in [0.05, 0.1) is 17.5 Å². The summed E-state index contributed by atoms with van der Waals surface area (Å²) in [7, 11) is 0. The molecule has 0 aromatic carbocycles. The number of carboxylic acids is 1. The molecule has 1 heterocycles. The Morgan fingerprint density at radius 3 is 2.35 bits per heavy atom. The normalized spacial score (nSPS) is 23.0. The van der Waals surface area contributed by atoms with E-state index in [9.17, 15) is 28.8 Å². The zero-order chi connectivity index (χ0) is 36.2. The molecule has 11 nitrogen and oxygen atoms in total. The van der Waals surface area contributed by atoms with Gasteiger partial charge in [-0.2, -0.15) is 0 Å². The van der Waals surface area contributed by atoms with Crippen LogP contribution in [0.4, 0.5) is 0 Å². The Morgan fingerprint density at radius 1 is 0.979 bits per heavy atom. The molecule has 0 aromatic rings. The van der Waals surface area contributed by atoms with Crippen molar-refractivity contribution >= 4 is 35.4 Å². The number of esters is 1.